The number of morpholine rings is 1. The number of hydrogen-bond donors (Lipinski definition) is 1. The molecule has 1 aliphatic rings. The van der Waals surface area contributed by atoms with Crippen LogP contribution in [0.1, 0.15) is 43.9 Å². The maximum Gasteiger partial charge on any atom is 0.126 e. The molecule has 3 aromatic rings. The largest absolute Gasteiger partial charge is 0.378 e. The van der Waals surface area contributed by atoms with Crippen molar-refractivity contribution in [1.29, 1.82) is 0 Å². The number of benzene rings is 1. The minimum Gasteiger partial charge on any atom is -0.378 e. The maximum absolute atomic E-state index is 5.75. The molecule has 0 bridgehead atoms. The fraction of sp³-hybridized carbons (Fsp3) is 0.429. The highest BCUT2D eigenvalue weighted by molar-refractivity contribution is 5.78. The van der Waals surface area contributed by atoms with Gasteiger partial charge in [0.1, 0.15) is 5.82 Å². The van der Waals surface area contributed by atoms with Gasteiger partial charge < -0.3 is 9.72 Å². The first-order chi connectivity index (χ1) is 12.5. The second kappa shape index (κ2) is 6.82. The van der Waals surface area contributed by atoms with Crippen molar-refractivity contribution in [1.82, 2.24) is 19.9 Å². The third-order valence-corrected chi connectivity index (χ3v) is 4.99. The summed E-state index contributed by atoms with van der Waals surface area (Å²) in [5.41, 5.74) is 3.48. The Morgan fingerprint density at radius 2 is 2.04 bits per heavy atom. The molecule has 3 heterocycles. The number of rotatable bonds is 3. The lowest BCUT2D eigenvalue weighted by Crippen LogP contribution is -2.39. The van der Waals surface area contributed by atoms with Gasteiger partial charge in [0.05, 0.1) is 24.8 Å². The fourth-order valence-corrected chi connectivity index (χ4v) is 3.40. The Morgan fingerprint density at radius 3 is 2.85 bits per heavy atom. The van der Waals surface area contributed by atoms with Gasteiger partial charge in [-0.3, -0.25) is 9.88 Å². The number of fused-ring (bicyclic) bond motifs is 1. The molecule has 0 radical (unpaired) electrons. The summed E-state index contributed by atoms with van der Waals surface area (Å²) in [7, 11) is 0. The summed E-state index contributed by atoms with van der Waals surface area (Å²) >= 11 is 0. The first-order valence-electron chi connectivity index (χ1n) is 9.21. The first kappa shape index (κ1) is 17.2. The quantitative estimate of drug-likeness (QED) is 0.780. The smallest absolute Gasteiger partial charge is 0.126 e. The minimum absolute atomic E-state index is 0.0634. The van der Waals surface area contributed by atoms with Crippen LogP contribution in [0.15, 0.2) is 42.7 Å². The fourth-order valence-electron chi connectivity index (χ4n) is 3.40. The molecule has 0 saturated carbocycles. The van der Waals surface area contributed by atoms with Crippen LogP contribution in [-0.2, 0) is 16.7 Å². The van der Waals surface area contributed by atoms with Crippen LogP contribution in [0.5, 0.6) is 0 Å². The molecule has 0 amide bonds. The second-order valence-electron chi connectivity index (χ2n) is 8.03. The highest BCUT2D eigenvalue weighted by Gasteiger charge is 2.28. The van der Waals surface area contributed by atoms with Crippen LogP contribution in [0.25, 0.3) is 10.9 Å². The van der Waals surface area contributed by atoms with Crippen molar-refractivity contribution < 1.29 is 4.74 Å². The predicted molar refractivity (Wildman–Crippen MR) is 103 cm³/mol. The van der Waals surface area contributed by atoms with Crippen LogP contribution in [0.4, 0.5) is 0 Å². The number of aromatic amines is 1. The number of ether oxygens (including phenoxy) is 1. The lowest BCUT2D eigenvalue weighted by Gasteiger charge is -2.34. The Balaban J connectivity index is 1.57. The lowest BCUT2D eigenvalue weighted by molar-refractivity contribution is -0.0157. The zero-order chi connectivity index (χ0) is 18.1. The number of imidazole rings is 1. The number of hydrogen-bond acceptors (Lipinski definition) is 4. The van der Waals surface area contributed by atoms with E-state index < -0.39 is 0 Å². The molecule has 1 aliphatic heterocycles. The molecule has 0 unspecified atom stereocenters. The van der Waals surface area contributed by atoms with E-state index in [1.165, 1.54) is 10.9 Å². The predicted octanol–water partition coefficient (Wildman–Crippen LogP) is 3.83. The SMILES string of the molecule is CC(C)(C)c1cnc([C@@H]2COCCN2Cc2cnc3ccccc3c2)[nH]1. The summed E-state index contributed by atoms with van der Waals surface area (Å²) in [4.78, 5) is 15.2. The van der Waals surface area contributed by atoms with Gasteiger partial charge in [-0.25, -0.2) is 4.98 Å². The normalized spacial score (nSPS) is 19.1. The number of para-hydroxylation sites is 1. The van der Waals surface area contributed by atoms with Gasteiger partial charge in [0.15, 0.2) is 0 Å². The molecule has 1 N–H and O–H groups in total. The van der Waals surface area contributed by atoms with Crippen LogP contribution >= 0.6 is 0 Å². The molecule has 26 heavy (non-hydrogen) atoms. The molecule has 1 atom stereocenters. The summed E-state index contributed by atoms with van der Waals surface area (Å²) in [6.45, 7) is 9.74. The van der Waals surface area contributed by atoms with Crippen molar-refractivity contribution in [2.24, 2.45) is 0 Å². The number of nitrogens with zero attached hydrogens (tertiary/aromatic N) is 3. The van der Waals surface area contributed by atoms with E-state index in [-0.39, 0.29) is 11.5 Å². The molecule has 1 saturated heterocycles. The van der Waals surface area contributed by atoms with Crippen LogP contribution in [-0.4, -0.2) is 39.6 Å². The van der Waals surface area contributed by atoms with Crippen LogP contribution in [0, 0.1) is 0 Å². The number of H-pyrrole nitrogens is 1. The summed E-state index contributed by atoms with van der Waals surface area (Å²) in [6, 6.07) is 10.6. The molecule has 2 aromatic heterocycles. The zero-order valence-electron chi connectivity index (χ0n) is 15.7. The molecule has 4 rings (SSSR count). The molecule has 0 aliphatic carbocycles. The maximum atomic E-state index is 5.75. The standard InChI is InChI=1S/C21H26N4O/c1-21(2,3)19-12-23-20(24-19)18-14-26-9-8-25(18)13-15-10-16-6-4-5-7-17(16)22-11-15/h4-7,10-12,18H,8-9,13-14H2,1-3H3,(H,23,24)/t18-/m0/s1. The van der Waals surface area contributed by atoms with Gasteiger partial charge in [-0.1, -0.05) is 39.0 Å². The van der Waals surface area contributed by atoms with Crippen molar-refractivity contribution in [2.45, 2.75) is 38.8 Å². The van der Waals surface area contributed by atoms with Crippen molar-refractivity contribution in [2.75, 3.05) is 19.8 Å². The van der Waals surface area contributed by atoms with Gasteiger partial charge in [-0.05, 0) is 17.7 Å². The van der Waals surface area contributed by atoms with E-state index in [2.05, 4.69) is 58.8 Å². The van der Waals surface area contributed by atoms with E-state index in [1.807, 2.05) is 24.5 Å². The van der Waals surface area contributed by atoms with E-state index in [4.69, 9.17) is 4.74 Å². The number of nitrogens with one attached hydrogen (secondary N) is 1. The zero-order valence-corrected chi connectivity index (χ0v) is 15.7. The summed E-state index contributed by atoms with van der Waals surface area (Å²) in [6.07, 6.45) is 3.94. The Kier molecular flexibility index (Phi) is 4.51. The third kappa shape index (κ3) is 3.50. The van der Waals surface area contributed by atoms with E-state index >= 15 is 0 Å². The van der Waals surface area contributed by atoms with E-state index in [0.717, 1.165) is 36.7 Å². The van der Waals surface area contributed by atoms with Crippen LogP contribution in [0.3, 0.4) is 0 Å². The monoisotopic (exact) mass is 350 g/mol. The molecular formula is C21H26N4O. The van der Waals surface area contributed by atoms with E-state index in [9.17, 15) is 0 Å². The average Bonchev–Trinajstić information content (AvgIpc) is 3.12. The van der Waals surface area contributed by atoms with Crippen molar-refractivity contribution in [3.63, 3.8) is 0 Å². The first-order valence-corrected chi connectivity index (χ1v) is 9.21. The molecule has 5 nitrogen and oxygen atoms in total. The highest BCUT2D eigenvalue weighted by Crippen LogP contribution is 2.27. The summed E-state index contributed by atoms with van der Waals surface area (Å²) < 4.78 is 5.75. The minimum atomic E-state index is 0.0634. The Bertz CT molecular complexity index is 896. The Hall–Kier alpha value is -2.24. The summed E-state index contributed by atoms with van der Waals surface area (Å²) in [5.74, 6) is 0.989. The van der Waals surface area contributed by atoms with Crippen LogP contribution < -0.4 is 0 Å². The van der Waals surface area contributed by atoms with Gasteiger partial charge in [0.25, 0.3) is 0 Å². The van der Waals surface area contributed by atoms with Crippen molar-refractivity contribution in [3.05, 3.63) is 59.8 Å². The highest BCUT2D eigenvalue weighted by atomic mass is 16.5. The molecule has 136 valence electrons. The van der Waals surface area contributed by atoms with Gasteiger partial charge in [-0.2, -0.15) is 0 Å². The Morgan fingerprint density at radius 1 is 1.19 bits per heavy atom. The van der Waals surface area contributed by atoms with E-state index in [0.29, 0.717) is 6.61 Å². The average molecular weight is 350 g/mol. The molecular weight excluding hydrogens is 324 g/mol. The van der Waals surface area contributed by atoms with Gasteiger partial charge in [0.2, 0.25) is 0 Å². The second-order valence-corrected chi connectivity index (χ2v) is 8.03. The van der Waals surface area contributed by atoms with Gasteiger partial charge >= 0.3 is 0 Å². The molecule has 0 spiro atoms. The van der Waals surface area contributed by atoms with Gasteiger partial charge in [-0.15, -0.1) is 0 Å². The molecule has 1 fully saturated rings. The van der Waals surface area contributed by atoms with Crippen molar-refractivity contribution in [3.8, 4) is 0 Å². The van der Waals surface area contributed by atoms with Gasteiger partial charge in [0, 0.05) is 42.0 Å². The topological polar surface area (TPSA) is 54.0 Å². The Labute approximate surface area is 154 Å². The number of aromatic nitrogens is 3. The van der Waals surface area contributed by atoms with Crippen LogP contribution in [0.2, 0.25) is 0 Å². The molecule has 5 heteroatoms. The van der Waals surface area contributed by atoms with E-state index in [1.54, 1.807) is 0 Å². The molecule has 1 aromatic carbocycles. The lowest BCUT2D eigenvalue weighted by atomic mass is 9.93. The third-order valence-electron chi connectivity index (χ3n) is 4.99. The number of pyridine rings is 1. The van der Waals surface area contributed by atoms with Crippen molar-refractivity contribution >= 4 is 10.9 Å². The summed E-state index contributed by atoms with van der Waals surface area (Å²) in [5, 5.41) is 1.18.